The number of carbonyl (C=O) groups is 2. The van der Waals surface area contributed by atoms with Crippen LogP contribution in [0.2, 0.25) is 0 Å². The van der Waals surface area contributed by atoms with Gasteiger partial charge in [-0.05, 0) is 43.7 Å². The second-order valence-corrected chi connectivity index (χ2v) is 8.37. The third-order valence-corrected chi connectivity index (χ3v) is 6.06. The summed E-state index contributed by atoms with van der Waals surface area (Å²) in [4.78, 5) is 31.7. The van der Waals surface area contributed by atoms with E-state index >= 15 is 0 Å². The van der Waals surface area contributed by atoms with Gasteiger partial charge in [0.25, 0.3) is 5.91 Å². The van der Waals surface area contributed by atoms with Crippen LogP contribution in [0.5, 0.6) is 17.2 Å². The average Bonchev–Trinajstić information content (AvgIpc) is 2.94. The number of nitrogens with zero attached hydrogens (tertiary/aromatic N) is 2. The largest absolute Gasteiger partial charge is 0.492 e. The van der Waals surface area contributed by atoms with E-state index in [1.807, 2.05) is 45.0 Å². The molecule has 2 aromatic carbocycles. The van der Waals surface area contributed by atoms with Crippen LogP contribution in [0.25, 0.3) is 0 Å². The van der Waals surface area contributed by atoms with Crippen LogP contribution >= 0.6 is 0 Å². The van der Waals surface area contributed by atoms with E-state index in [1.54, 1.807) is 35.4 Å². The van der Waals surface area contributed by atoms with Gasteiger partial charge in [0.1, 0.15) is 23.1 Å². The zero-order valence-electron chi connectivity index (χ0n) is 21.6. The molecule has 0 saturated carbocycles. The van der Waals surface area contributed by atoms with Gasteiger partial charge in [-0.1, -0.05) is 26.0 Å². The van der Waals surface area contributed by atoms with E-state index in [0.717, 1.165) is 5.56 Å². The fourth-order valence-corrected chi connectivity index (χ4v) is 4.22. The number of para-hydroxylation sites is 1. The molecule has 0 spiro atoms. The molecule has 194 valence electrons. The smallest absolute Gasteiger partial charge is 0.254 e. The lowest BCUT2D eigenvalue weighted by Crippen LogP contribution is -2.40. The molecule has 0 aliphatic carbocycles. The van der Waals surface area contributed by atoms with E-state index in [1.165, 1.54) is 0 Å². The maximum atomic E-state index is 12.9. The summed E-state index contributed by atoms with van der Waals surface area (Å²) in [7, 11) is 0. The van der Waals surface area contributed by atoms with E-state index in [4.69, 9.17) is 14.2 Å². The summed E-state index contributed by atoms with van der Waals surface area (Å²) in [5.41, 5.74) is 2.72. The van der Waals surface area contributed by atoms with Crippen molar-refractivity contribution in [3.63, 3.8) is 0 Å². The Morgan fingerprint density at radius 2 is 1.84 bits per heavy atom. The normalized spacial score (nSPS) is 14.6. The Kier molecular flexibility index (Phi) is 8.74. The molecule has 1 saturated heterocycles. The monoisotopic (exact) mass is 503 g/mol. The molecule has 1 amide bonds. The third kappa shape index (κ3) is 6.09. The highest BCUT2D eigenvalue weighted by Gasteiger charge is 2.21. The molecule has 2 aliphatic heterocycles. The minimum Gasteiger partial charge on any atom is -0.492 e. The van der Waals surface area contributed by atoms with Crippen LogP contribution in [0.4, 0.5) is 11.5 Å². The summed E-state index contributed by atoms with van der Waals surface area (Å²) >= 11 is 0. The number of aryl methyl sites for hydroxylation is 1. The number of pyridine rings is 1. The molecule has 2 aliphatic rings. The van der Waals surface area contributed by atoms with E-state index < -0.39 is 0 Å². The van der Waals surface area contributed by atoms with Crippen molar-refractivity contribution in [1.29, 1.82) is 0 Å². The van der Waals surface area contributed by atoms with Crippen molar-refractivity contribution in [3.8, 4) is 17.2 Å². The van der Waals surface area contributed by atoms with Crippen LogP contribution in [0.3, 0.4) is 0 Å². The van der Waals surface area contributed by atoms with Gasteiger partial charge < -0.3 is 24.4 Å². The van der Waals surface area contributed by atoms with E-state index in [2.05, 4.69) is 10.3 Å². The number of aromatic nitrogens is 1. The summed E-state index contributed by atoms with van der Waals surface area (Å²) in [5.74, 6) is 2.35. The lowest BCUT2D eigenvalue weighted by atomic mass is 10.0. The number of hydrogen-bond acceptors (Lipinski definition) is 7. The summed E-state index contributed by atoms with van der Waals surface area (Å²) in [5, 5.41) is 3.29. The van der Waals surface area contributed by atoms with Crippen molar-refractivity contribution in [3.05, 3.63) is 71.4 Å². The Balaban J connectivity index is 0.00000156. The number of amides is 1. The number of benzene rings is 2. The van der Waals surface area contributed by atoms with Crippen molar-refractivity contribution in [2.24, 2.45) is 0 Å². The first-order chi connectivity index (χ1) is 18.1. The summed E-state index contributed by atoms with van der Waals surface area (Å²) in [6.07, 6.45) is 2.68. The molecule has 1 fully saturated rings. The van der Waals surface area contributed by atoms with Crippen molar-refractivity contribution >= 4 is 23.2 Å². The predicted octanol–water partition coefficient (Wildman–Crippen LogP) is 5.64. The first-order valence-corrected chi connectivity index (χ1v) is 12.8. The van der Waals surface area contributed by atoms with E-state index in [0.29, 0.717) is 85.6 Å². The number of anilines is 2. The molecule has 1 aromatic heterocycles. The van der Waals surface area contributed by atoms with Gasteiger partial charge >= 0.3 is 0 Å². The molecule has 0 unspecified atom stereocenters. The van der Waals surface area contributed by atoms with Gasteiger partial charge in [0.05, 0.1) is 31.1 Å². The second-order valence-electron chi connectivity index (χ2n) is 8.37. The Labute approximate surface area is 217 Å². The highest BCUT2D eigenvalue weighted by Crippen LogP contribution is 2.35. The number of Topliss-reactive ketones (excluding diaryl/α,β-unsaturated/α-hetero) is 1. The molecule has 1 N–H and O–H groups in total. The van der Waals surface area contributed by atoms with Gasteiger partial charge in [-0.3, -0.25) is 9.59 Å². The van der Waals surface area contributed by atoms with Crippen molar-refractivity contribution in [1.82, 2.24) is 9.88 Å². The van der Waals surface area contributed by atoms with Gasteiger partial charge in [-0.15, -0.1) is 0 Å². The first kappa shape index (κ1) is 26.2. The first-order valence-electron chi connectivity index (χ1n) is 12.8. The molecular formula is C29H33N3O5. The topological polar surface area (TPSA) is 90.0 Å². The SMILES string of the molecule is CC.CCOc1cc(C(=O)N2CCOCC2)ccc1Nc1cc2c(cn1)CCC(=O)c1ccccc1O2. The Morgan fingerprint density at radius 1 is 1.05 bits per heavy atom. The molecule has 0 radical (unpaired) electrons. The lowest BCUT2D eigenvalue weighted by molar-refractivity contribution is 0.0302. The lowest BCUT2D eigenvalue weighted by Gasteiger charge is -2.27. The zero-order chi connectivity index (χ0) is 26.2. The number of fused-ring (bicyclic) bond motifs is 2. The number of morpholine rings is 1. The number of rotatable bonds is 5. The third-order valence-electron chi connectivity index (χ3n) is 6.06. The molecule has 0 atom stereocenters. The molecule has 8 heteroatoms. The molecule has 0 bridgehead atoms. The standard InChI is InChI=1S/C27H27N3O5.C2H6/c1-2-34-25-15-18(27(32)30-11-13-33-14-12-30)7-9-21(25)29-26-16-24-19(17-28-26)8-10-22(31)20-5-3-4-6-23(20)35-24;1-2/h3-7,9,15-17H,2,8,10-14H2,1H3,(H,28,29);1-2H3. The van der Waals surface area contributed by atoms with Crippen molar-refractivity contribution in [2.75, 3.05) is 38.2 Å². The maximum Gasteiger partial charge on any atom is 0.254 e. The van der Waals surface area contributed by atoms with Crippen LogP contribution in [0, 0.1) is 0 Å². The summed E-state index contributed by atoms with van der Waals surface area (Å²) < 4.78 is 17.3. The van der Waals surface area contributed by atoms with Gasteiger partial charge in [-0.2, -0.15) is 0 Å². The number of ketones is 1. The summed E-state index contributed by atoms with van der Waals surface area (Å²) in [6, 6.07) is 14.5. The van der Waals surface area contributed by atoms with Crippen LogP contribution in [-0.2, 0) is 11.2 Å². The highest BCUT2D eigenvalue weighted by molar-refractivity contribution is 5.99. The van der Waals surface area contributed by atoms with Crippen LogP contribution in [-0.4, -0.2) is 54.5 Å². The Morgan fingerprint density at radius 3 is 2.62 bits per heavy atom. The molecule has 3 heterocycles. The molecule has 8 nitrogen and oxygen atoms in total. The van der Waals surface area contributed by atoms with Gasteiger partial charge in [0.15, 0.2) is 5.78 Å². The molecular weight excluding hydrogens is 470 g/mol. The van der Waals surface area contributed by atoms with Crippen LogP contribution in [0.15, 0.2) is 54.7 Å². The fourth-order valence-electron chi connectivity index (χ4n) is 4.22. The van der Waals surface area contributed by atoms with Gasteiger partial charge in [0.2, 0.25) is 0 Å². The number of carbonyl (C=O) groups excluding carboxylic acids is 2. The van der Waals surface area contributed by atoms with Crippen molar-refractivity contribution in [2.45, 2.75) is 33.6 Å². The maximum absolute atomic E-state index is 12.9. The number of ether oxygens (including phenoxy) is 3. The minimum absolute atomic E-state index is 0.0402. The number of nitrogens with one attached hydrogen (secondary N) is 1. The minimum atomic E-state index is -0.0402. The van der Waals surface area contributed by atoms with E-state index in [9.17, 15) is 9.59 Å². The fraction of sp³-hybridized carbons (Fsp3) is 0.345. The Hall–Kier alpha value is -3.91. The quantitative estimate of drug-likeness (QED) is 0.482. The van der Waals surface area contributed by atoms with Crippen molar-refractivity contribution < 1.29 is 23.8 Å². The Bertz CT molecular complexity index is 1250. The second kappa shape index (κ2) is 12.4. The molecule has 37 heavy (non-hydrogen) atoms. The molecule has 5 rings (SSSR count). The summed E-state index contributed by atoms with van der Waals surface area (Å²) in [6.45, 7) is 8.61. The van der Waals surface area contributed by atoms with Gasteiger partial charge in [0, 0.05) is 42.9 Å². The number of hydrogen-bond donors (Lipinski definition) is 1. The molecule has 3 aromatic rings. The predicted molar refractivity (Wildman–Crippen MR) is 142 cm³/mol. The highest BCUT2D eigenvalue weighted by atomic mass is 16.5. The average molecular weight is 504 g/mol. The van der Waals surface area contributed by atoms with E-state index in [-0.39, 0.29) is 11.7 Å². The van der Waals surface area contributed by atoms with Gasteiger partial charge in [-0.25, -0.2) is 4.98 Å². The van der Waals surface area contributed by atoms with Crippen LogP contribution < -0.4 is 14.8 Å². The van der Waals surface area contributed by atoms with Crippen LogP contribution in [0.1, 0.15) is 53.5 Å². The zero-order valence-corrected chi connectivity index (χ0v) is 21.6.